The molecule has 2 heterocycles. The van der Waals surface area contributed by atoms with Gasteiger partial charge in [-0.1, -0.05) is 6.07 Å². The number of hydrogen-bond acceptors (Lipinski definition) is 2. The van der Waals surface area contributed by atoms with Crippen molar-refractivity contribution < 1.29 is 22.7 Å². The van der Waals surface area contributed by atoms with Crippen LogP contribution in [0.15, 0.2) is 18.2 Å². The van der Waals surface area contributed by atoms with Gasteiger partial charge in [0.25, 0.3) is 0 Å². The fourth-order valence-electron chi connectivity index (χ4n) is 3.46. The Kier molecular flexibility index (Phi) is 3.06. The molecule has 6 heteroatoms. The van der Waals surface area contributed by atoms with Crippen molar-refractivity contribution in [1.29, 1.82) is 0 Å². The Morgan fingerprint density at radius 1 is 1.25 bits per heavy atom. The number of rotatable bonds is 1. The first-order chi connectivity index (χ1) is 9.32. The van der Waals surface area contributed by atoms with Gasteiger partial charge in [-0.25, -0.2) is 4.39 Å². The Bertz CT molecular complexity index is 530. The zero-order chi connectivity index (χ0) is 14.5. The molecule has 0 aliphatic carbocycles. The lowest BCUT2D eigenvalue weighted by Gasteiger charge is -2.31. The van der Waals surface area contributed by atoms with E-state index in [4.69, 9.17) is 0 Å². The summed E-state index contributed by atoms with van der Waals surface area (Å²) in [5, 5.41) is 10.8. The standard InChI is InChI=1S/C14H15F4NO/c15-11-4-3-9(8-10(11)14(16,17)18)13(20)5-7-19-6-1-2-12(13)19/h3-4,8,12,20H,1-2,5-7H2. The van der Waals surface area contributed by atoms with E-state index in [1.54, 1.807) is 0 Å². The van der Waals surface area contributed by atoms with Gasteiger partial charge in [-0.05, 0) is 43.5 Å². The summed E-state index contributed by atoms with van der Waals surface area (Å²) in [5.74, 6) is -1.30. The van der Waals surface area contributed by atoms with Gasteiger partial charge in [0.05, 0.1) is 5.56 Å². The SMILES string of the molecule is OC1(c2ccc(F)c(C(F)(F)F)c2)CCN2CCCC21. The van der Waals surface area contributed by atoms with E-state index in [1.807, 2.05) is 0 Å². The van der Waals surface area contributed by atoms with Crippen molar-refractivity contribution in [3.05, 3.63) is 35.1 Å². The van der Waals surface area contributed by atoms with Crippen molar-refractivity contribution in [2.45, 2.75) is 37.1 Å². The van der Waals surface area contributed by atoms with Crippen LogP contribution in [-0.2, 0) is 11.8 Å². The lowest BCUT2D eigenvalue weighted by Crippen LogP contribution is -2.38. The van der Waals surface area contributed by atoms with Crippen molar-refractivity contribution in [2.75, 3.05) is 13.1 Å². The molecule has 0 amide bonds. The van der Waals surface area contributed by atoms with Crippen LogP contribution in [0.5, 0.6) is 0 Å². The summed E-state index contributed by atoms with van der Waals surface area (Å²) < 4.78 is 51.7. The highest BCUT2D eigenvalue weighted by molar-refractivity contribution is 5.33. The van der Waals surface area contributed by atoms with Crippen LogP contribution in [0.3, 0.4) is 0 Å². The Balaban J connectivity index is 2.02. The second kappa shape index (κ2) is 4.43. The number of hydrogen-bond donors (Lipinski definition) is 1. The normalized spacial score (nSPS) is 30.8. The Morgan fingerprint density at radius 2 is 2.00 bits per heavy atom. The molecule has 2 aliphatic rings. The van der Waals surface area contributed by atoms with E-state index < -0.39 is 23.2 Å². The summed E-state index contributed by atoms with van der Waals surface area (Å²) >= 11 is 0. The largest absolute Gasteiger partial charge is 0.419 e. The molecule has 0 spiro atoms. The minimum Gasteiger partial charge on any atom is -0.383 e. The Morgan fingerprint density at radius 3 is 2.70 bits per heavy atom. The van der Waals surface area contributed by atoms with Crippen LogP contribution in [0.2, 0.25) is 0 Å². The van der Waals surface area contributed by atoms with Crippen molar-refractivity contribution in [3.8, 4) is 0 Å². The Hall–Kier alpha value is -1.14. The van der Waals surface area contributed by atoms with Gasteiger partial charge in [0.1, 0.15) is 11.4 Å². The van der Waals surface area contributed by atoms with E-state index in [2.05, 4.69) is 4.90 Å². The van der Waals surface area contributed by atoms with Gasteiger partial charge < -0.3 is 5.11 Å². The molecule has 1 N–H and O–H groups in total. The molecule has 1 aromatic rings. The molecule has 20 heavy (non-hydrogen) atoms. The zero-order valence-corrected chi connectivity index (χ0v) is 10.8. The van der Waals surface area contributed by atoms with E-state index in [1.165, 1.54) is 6.07 Å². The molecule has 2 atom stereocenters. The zero-order valence-electron chi connectivity index (χ0n) is 10.8. The van der Waals surface area contributed by atoms with Crippen molar-refractivity contribution >= 4 is 0 Å². The van der Waals surface area contributed by atoms with Crippen LogP contribution in [-0.4, -0.2) is 29.1 Å². The molecule has 110 valence electrons. The second-order valence-corrected chi connectivity index (χ2v) is 5.56. The highest BCUT2D eigenvalue weighted by atomic mass is 19.4. The molecule has 0 aromatic heterocycles. The van der Waals surface area contributed by atoms with E-state index in [9.17, 15) is 22.7 Å². The third-order valence-corrected chi connectivity index (χ3v) is 4.47. The molecule has 0 bridgehead atoms. The maximum Gasteiger partial charge on any atom is 0.419 e. The van der Waals surface area contributed by atoms with E-state index in [0.717, 1.165) is 31.5 Å². The summed E-state index contributed by atoms with van der Waals surface area (Å²) in [7, 11) is 0. The van der Waals surface area contributed by atoms with Gasteiger partial charge in [-0.2, -0.15) is 13.2 Å². The molecule has 2 saturated heterocycles. The van der Waals surface area contributed by atoms with Crippen LogP contribution in [0.4, 0.5) is 17.6 Å². The topological polar surface area (TPSA) is 23.5 Å². The fourth-order valence-corrected chi connectivity index (χ4v) is 3.46. The first-order valence-corrected chi connectivity index (χ1v) is 6.66. The first-order valence-electron chi connectivity index (χ1n) is 6.66. The highest BCUT2D eigenvalue weighted by Gasteiger charge is 2.49. The number of fused-ring (bicyclic) bond motifs is 1. The van der Waals surface area contributed by atoms with Crippen molar-refractivity contribution in [2.24, 2.45) is 0 Å². The van der Waals surface area contributed by atoms with Crippen LogP contribution < -0.4 is 0 Å². The second-order valence-electron chi connectivity index (χ2n) is 5.56. The number of alkyl halides is 3. The number of aliphatic hydroxyl groups is 1. The lowest BCUT2D eigenvalue weighted by atomic mass is 9.84. The van der Waals surface area contributed by atoms with Gasteiger partial charge in [-0.3, -0.25) is 4.90 Å². The molecule has 2 fully saturated rings. The maximum atomic E-state index is 13.3. The smallest absolute Gasteiger partial charge is 0.383 e. The minimum absolute atomic E-state index is 0.158. The molecular formula is C14H15F4NO. The van der Waals surface area contributed by atoms with Gasteiger partial charge >= 0.3 is 6.18 Å². The molecule has 0 saturated carbocycles. The molecule has 1 aromatic carbocycles. The van der Waals surface area contributed by atoms with E-state index in [-0.39, 0.29) is 11.6 Å². The van der Waals surface area contributed by atoms with Gasteiger partial charge in [0, 0.05) is 12.6 Å². The van der Waals surface area contributed by atoms with E-state index in [0.29, 0.717) is 13.0 Å². The third-order valence-electron chi connectivity index (χ3n) is 4.47. The molecule has 3 rings (SSSR count). The lowest BCUT2D eigenvalue weighted by molar-refractivity contribution is -0.140. The van der Waals surface area contributed by atoms with Crippen molar-refractivity contribution in [3.63, 3.8) is 0 Å². The van der Waals surface area contributed by atoms with Crippen LogP contribution >= 0.6 is 0 Å². The number of nitrogens with zero attached hydrogens (tertiary/aromatic N) is 1. The predicted molar refractivity (Wildman–Crippen MR) is 64.5 cm³/mol. The number of halogens is 4. The van der Waals surface area contributed by atoms with Gasteiger partial charge in [0.15, 0.2) is 0 Å². The van der Waals surface area contributed by atoms with Crippen LogP contribution in [0, 0.1) is 5.82 Å². The first kappa shape index (κ1) is 13.8. The summed E-state index contributed by atoms with van der Waals surface area (Å²) in [6.07, 6.45) is -2.67. The highest BCUT2D eigenvalue weighted by Crippen LogP contribution is 2.44. The average molecular weight is 289 g/mol. The third kappa shape index (κ3) is 2.02. The Labute approximate surface area is 114 Å². The molecular weight excluding hydrogens is 274 g/mol. The molecule has 0 radical (unpaired) electrons. The van der Waals surface area contributed by atoms with E-state index >= 15 is 0 Å². The fraction of sp³-hybridized carbons (Fsp3) is 0.571. The summed E-state index contributed by atoms with van der Waals surface area (Å²) in [5.41, 5.74) is -2.44. The van der Waals surface area contributed by atoms with Gasteiger partial charge in [0.2, 0.25) is 0 Å². The minimum atomic E-state index is -4.75. The molecule has 2 aliphatic heterocycles. The monoisotopic (exact) mass is 289 g/mol. The average Bonchev–Trinajstić information content (AvgIpc) is 2.93. The number of benzene rings is 1. The summed E-state index contributed by atoms with van der Waals surface area (Å²) in [6.45, 7) is 1.53. The van der Waals surface area contributed by atoms with Crippen LogP contribution in [0.1, 0.15) is 30.4 Å². The van der Waals surface area contributed by atoms with Crippen molar-refractivity contribution in [1.82, 2.24) is 4.90 Å². The summed E-state index contributed by atoms with van der Waals surface area (Å²) in [4.78, 5) is 2.09. The molecule has 2 unspecified atom stereocenters. The maximum absolute atomic E-state index is 13.3. The van der Waals surface area contributed by atoms with Gasteiger partial charge in [-0.15, -0.1) is 0 Å². The quantitative estimate of drug-likeness (QED) is 0.804. The predicted octanol–water partition coefficient (Wildman–Crippen LogP) is 2.90. The molecule has 2 nitrogen and oxygen atoms in total. The van der Waals surface area contributed by atoms with Crippen LogP contribution in [0.25, 0.3) is 0 Å². The summed E-state index contributed by atoms with van der Waals surface area (Å²) in [6, 6.07) is 2.67.